The molecule has 0 aliphatic heterocycles. The number of hydrogen-bond acceptors (Lipinski definition) is 8. The highest BCUT2D eigenvalue weighted by Crippen LogP contribution is 2.37. The minimum absolute atomic E-state index is 0.101. The van der Waals surface area contributed by atoms with E-state index in [1.807, 2.05) is 12.1 Å². The van der Waals surface area contributed by atoms with E-state index in [1.54, 1.807) is 24.3 Å². The van der Waals surface area contributed by atoms with E-state index in [0.29, 0.717) is 11.5 Å². The summed E-state index contributed by atoms with van der Waals surface area (Å²) in [6.07, 6.45) is 1.45. The minimum atomic E-state index is -4.30. The first-order valence-corrected chi connectivity index (χ1v) is 13.0. The quantitative estimate of drug-likeness (QED) is 0.266. The molecule has 10 nitrogen and oxygen atoms in total. The number of anilines is 1. The molecule has 0 aliphatic rings. The minimum Gasteiger partial charge on any atom is -0.497 e. The molecule has 0 saturated heterocycles. The van der Waals surface area contributed by atoms with Crippen molar-refractivity contribution >= 4 is 43.8 Å². The average Bonchev–Trinajstić information content (AvgIpc) is 2.91. The van der Waals surface area contributed by atoms with E-state index in [4.69, 9.17) is 18.9 Å². The van der Waals surface area contributed by atoms with Gasteiger partial charge in [0.1, 0.15) is 18.0 Å². The SMILES string of the molecule is COc1ccc(OC)c(N(CC(=O)N/N=C\c2ccc(Br)cc2)S(=O)(=O)c2ccc(OC)c(OC)c2)c1. The maximum atomic E-state index is 13.8. The molecular formula is C25H26BrN3O7S. The van der Waals surface area contributed by atoms with Crippen molar-refractivity contribution in [2.24, 2.45) is 5.10 Å². The zero-order chi connectivity index (χ0) is 27.0. The van der Waals surface area contributed by atoms with Crippen molar-refractivity contribution in [3.05, 3.63) is 70.7 Å². The zero-order valence-electron chi connectivity index (χ0n) is 20.6. The first-order valence-electron chi connectivity index (χ1n) is 10.8. The van der Waals surface area contributed by atoms with E-state index in [9.17, 15) is 13.2 Å². The van der Waals surface area contributed by atoms with E-state index in [2.05, 4.69) is 26.5 Å². The second-order valence-corrected chi connectivity index (χ2v) is 10.2. The molecule has 1 N–H and O–H groups in total. The number of benzene rings is 3. The van der Waals surface area contributed by atoms with E-state index < -0.39 is 22.5 Å². The van der Waals surface area contributed by atoms with Crippen LogP contribution in [0.1, 0.15) is 5.56 Å². The van der Waals surface area contributed by atoms with Gasteiger partial charge >= 0.3 is 0 Å². The lowest BCUT2D eigenvalue weighted by Crippen LogP contribution is -2.39. The van der Waals surface area contributed by atoms with Crippen molar-refractivity contribution in [3.8, 4) is 23.0 Å². The van der Waals surface area contributed by atoms with Crippen LogP contribution in [0.3, 0.4) is 0 Å². The first kappa shape index (κ1) is 27.8. The highest BCUT2D eigenvalue weighted by atomic mass is 79.9. The maximum Gasteiger partial charge on any atom is 0.265 e. The summed E-state index contributed by atoms with van der Waals surface area (Å²) in [6, 6.07) is 16.0. The lowest BCUT2D eigenvalue weighted by molar-refractivity contribution is -0.119. The van der Waals surface area contributed by atoms with Gasteiger partial charge in [-0.25, -0.2) is 13.8 Å². The number of hydrazone groups is 1. The highest BCUT2D eigenvalue weighted by molar-refractivity contribution is 9.10. The molecule has 37 heavy (non-hydrogen) atoms. The van der Waals surface area contributed by atoms with Crippen molar-refractivity contribution in [1.82, 2.24) is 5.43 Å². The number of hydrogen-bond donors (Lipinski definition) is 1. The highest BCUT2D eigenvalue weighted by Gasteiger charge is 2.31. The van der Waals surface area contributed by atoms with Crippen molar-refractivity contribution in [2.45, 2.75) is 4.90 Å². The van der Waals surface area contributed by atoms with E-state index in [1.165, 1.54) is 58.9 Å². The van der Waals surface area contributed by atoms with Gasteiger partial charge in [0.15, 0.2) is 11.5 Å². The lowest BCUT2D eigenvalue weighted by Gasteiger charge is -2.26. The van der Waals surface area contributed by atoms with Gasteiger partial charge in [-0.15, -0.1) is 0 Å². The number of ether oxygens (including phenoxy) is 4. The van der Waals surface area contributed by atoms with Crippen molar-refractivity contribution in [2.75, 3.05) is 39.3 Å². The molecule has 3 rings (SSSR count). The van der Waals surface area contributed by atoms with Crippen LogP contribution >= 0.6 is 15.9 Å². The molecule has 0 atom stereocenters. The maximum absolute atomic E-state index is 13.8. The third-order valence-corrected chi connectivity index (χ3v) is 7.44. The average molecular weight is 592 g/mol. The normalized spacial score (nSPS) is 11.2. The largest absolute Gasteiger partial charge is 0.497 e. The Morgan fingerprint density at radius 1 is 0.892 bits per heavy atom. The third kappa shape index (κ3) is 6.71. The fourth-order valence-electron chi connectivity index (χ4n) is 3.29. The van der Waals surface area contributed by atoms with E-state index in [-0.39, 0.29) is 22.1 Å². The predicted molar refractivity (Wildman–Crippen MR) is 144 cm³/mol. The number of carbonyl (C=O) groups is 1. The molecule has 0 aromatic heterocycles. The van der Waals surface area contributed by atoms with E-state index >= 15 is 0 Å². The van der Waals surface area contributed by atoms with E-state index in [0.717, 1.165) is 14.3 Å². The van der Waals surface area contributed by atoms with Gasteiger partial charge in [0, 0.05) is 16.6 Å². The molecule has 0 saturated carbocycles. The predicted octanol–water partition coefficient (Wildman–Crippen LogP) is 3.83. The molecule has 0 bridgehead atoms. The summed E-state index contributed by atoms with van der Waals surface area (Å²) >= 11 is 3.35. The van der Waals surface area contributed by atoms with Gasteiger partial charge in [0.2, 0.25) is 0 Å². The van der Waals surface area contributed by atoms with Crippen LogP contribution in [0, 0.1) is 0 Å². The van der Waals surface area contributed by atoms with Crippen molar-refractivity contribution in [1.29, 1.82) is 0 Å². The molecule has 196 valence electrons. The summed E-state index contributed by atoms with van der Waals surface area (Å²) in [5.41, 5.74) is 3.22. The fraction of sp³-hybridized carbons (Fsp3) is 0.200. The van der Waals surface area contributed by atoms with Crippen LogP contribution in [0.5, 0.6) is 23.0 Å². The summed E-state index contributed by atoms with van der Waals surface area (Å²) in [5.74, 6) is 0.479. The van der Waals surface area contributed by atoms with Crippen molar-refractivity contribution < 1.29 is 32.2 Å². The molecule has 0 spiro atoms. The standard InChI is InChI=1S/C25H26BrN3O7S/c1-33-19-9-11-22(34-2)21(13-19)29(16-25(30)28-27-15-17-5-7-18(26)8-6-17)37(31,32)20-10-12-23(35-3)24(14-20)36-4/h5-15H,16H2,1-4H3,(H,28,30)/b27-15-. The smallest absolute Gasteiger partial charge is 0.265 e. The van der Waals surface area contributed by atoms with Crippen LogP contribution in [0.4, 0.5) is 5.69 Å². The second-order valence-electron chi connectivity index (χ2n) is 7.41. The Hall–Kier alpha value is -3.77. The summed E-state index contributed by atoms with van der Waals surface area (Å²) in [6.45, 7) is -0.599. The number of rotatable bonds is 11. The zero-order valence-corrected chi connectivity index (χ0v) is 23.0. The number of carbonyl (C=O) groups excluding carboxylic acids is 1. The molecule has 0 aliphatic carbocycles. The first-order chi connectivity index (χ1) is 17.7. The molecule has 0 radical (unpaired) electrons. The lowest BCUT2D eigenvalue weighted by atomic mass is 10.2. The molecule has 1 amide bonds. The van der Waals surface area contributed by atoms with Gasteiger partial charge in [-0.2, -0.15) is 5.10 Å². The monoisotopic (exact) mass is 591 g/mol. The second kappa shape index (κ2) is 12.5. The Bertz CT molecular complexity index is 1380. The van der Waals surface area contributed by atoms with Gasteiger partial charge in [0.05, 0.1) is 45.2 Å². The molecule has 12 heteroatoms. The molecule has 3 aromatic rings. The number of nitrogens with one attached hydrogen (secondary N) is 1. The van der Waals surface area contributed by atoms with Gasteiger partial charge in [-0.05, 0) is 42.0 Å². The summed E-state index contributed by atoms with van der Waals surface area (Å²) in [7, 11) is 1.38. The number of nitrogens with zero attached hydrogens (tertiary/aromatic N) is 2. The van der Waals surface area contributed by atoms with Crippen LogP contribution in [0.15, 0.2) is 75.1 Å². The Morgan fingerprint density at radius 2 is 1.54 bits per heavy atom. The Labute approximate surface area is 224 Å². The topological polar surface area (TPSA) is 116 Å². The van der Waals surface area contributed by atoms with Gasteiger partial charge in [-0.1, -0.05) is 28.1 Å². The number of sulfonamides is 1. The van der Waals surface area contributed by atoms with Gasteiger partial charge in [-0.3, -0.25) is 9.10 Å². The molecule has 0 unspecified atom stereocenters. The molecule has 3 aromatic carbocycles. The summed E-state index contributed by atoms with van der Waals surface area (Å²) < 4.78 is 50.7. The Balaban J connectivity index is 2.00. The summed E-state index contributed by atoms with van der Waals surface area (Å²) in [4.78, 5) is 12.7. The van der Waals surface area contributed by atoms with Crippen LogP contribution < -0.4 is 28.7 Å². The third-order valence-electron chi connectivity index (χ3n) is 5.16. The molecular weight excluding hydrogens is 566 g/mol. The fourth-order valence-corrected chi connectivity index (χ4v) is 4.99. The summed E-state index contributed by atoms with van der Waals surface area (Å²) in [5, 5.41) is 3.95. The van der Waals surface area contributed by atoms with Gasteiger partial charge in [0.25, 0.3) is 15.9 Å². The van der Waals surface area contributed by atoms with Crippen LogP contribution in [0.25, 0.3) is 0 Å². The van der Waals surface area contributed by atoms with Gasteiger partial charge < -0.3 is 18.9 Å². The number of methoxy groups -OCH3 is 4. The van der Waals surface area contributed by atoms with Crippen LogP contribution in [0.2, 0.25) is 0 Å². The van der Waals surface area contributed by atoms with Crippen molar-refractivity contribution in [3.63, 3.8) is 0 Å². The van der Waals surface area contributed by atoms with Crippen LogP contribution in [-0.4, -0.2) is 55.5 Å². The Kier molecular flexibility index (Phi) is 9.36. The number of amides is 1. The van der Waals surface area contributed by atoms with Crippen LogP contribution in [-0.2, 0) is 14.8 Å². The molecule has 0 heterocycles. The molecule has 0 fully saturated rings. The Morgan fingerprint density at radius 3 is 2.16 bits per heavy atom. The number of halogens is 1.